The first-order valence-corrected chi connectivity index (χ1v) is 37.3. The van der Waals surface area contributed by atoms with Crippen molar-refractivity contribution in [2.45, 2.75) is 374 Å². The van der Waals surface area contributed by atoms with E-state index in [1.165, 1.54) is 148 Å². The van der Waals surface area contributed by atoms with E-state index in [9.17, 15) is 95.2 Å². The molecule has 0 spiro atoms. The number of ether oxygens (including phenoxy) is 2. The van der Waals surface area contributed by atoms with Crippen LogP contribution in [0, 0.1) is 0 Å². The molecule has 2 saturated carbocycles. The van der Waals surface area contributed by atoms with Crippen molar-refractivity contribution < 1.29 is 123 Å². The molecule has 3 fully saturated rings. The highest BCUT2D eigenvalue weighted by atomic mass is 31.2. The van der Waals surface area contributed by atoms with Gasteiger partial charge in [-0.2, -0.15) is 0 Å². The number of carbonyl (C=O) groups excluding carboxylic acids is 1. The van der Waals surface area contributed by atoms with Crippen molar-refractivity contribution in [3.63, 3.8) is 0 Å². The molecule has 1 heterocycles. The summed E-state index contributed by atoms with van der Waals surface area (Å²) in [7, 11) is -11.1. The number of aliphatic hydroxyl groups is 14. The Morgan fingerprint density at radius 1 is 0.400 bits per heavy atom. The van der Waals surface area contributed by atoms with E-state index in [2.05, 4.69) is 19.2 Å². The Labute approximate surface area is 534 Å². The maximum atomic E-state index is 13.8. The predicted octanol–water partition coefficient (Wildman–Crippen LogP) is 5.14. The molecule has 17 N–H and O–H groups in total. The summed E-state index contributed by atoms with van der Waals surface area (Å²) in [6.07, 6.45) is -0.342. The second-order valence-electron chi connectivity index (χ2n) is 25.6. The zero-order valence-electron chi connectivity index (χ0n) is 53.8. The molecule has 0 radical (unpaired) electrons. The Morgan fingerprint density at radius 3 is 1.11 bits per heavy atom. The number of hydrogen-bond donors (Lipinski definition) is 17. The average molecular weight is 1340 g/mol. The first-order valence-electron chi connectivity index (χ1n) is 34.3. The normalized spacial score (nSPS) is 31.4. The molecule has 0 bridgehead atoms. The molecular weight excluding hydrogens is 1220 g/mol. The third kappa shape index (κ3) is 31.1. The van der Waals surface area contributed by atoms with E-state index < -0.39 is 157 Å². The van der Waals surface area contributed by atoms with E-state index in [1.807, 2.05) is 0 Å². The van der Waals surface area contributed by atoms with E-state index >= 15 is 0 Å². The van der Waals surface area contributed by atoms with Crippen molar-refractivity contribution in [1.82, 2.24) is 5.32 Å². The van der Waals surface area contributed by atoms with Crippen LogP contribution in [-0.2, 0) is 41.5 Å². The Morgan fingerprint density at radius 2 is 0.711 bits per heavy atom. The van der Waals surface area contributed by atoms with Crippen LogP contribution in [0.15, 0.2) is 0 Å². The van der Waals surface area contributed by atoms with E-state index in [0.717, 1.165) is 64.2 Å². The minimum absolute atomic E-state index is 0.104. The third-order valence-electron chi connectivity index (χ3n) is 17.9. The van der Waals surface area contributed by atoms with E-state index in [1.54, 1.807) is 0 Å². The Hall–Kier alpha value is -0.950. The maximum Gasteiger partial charge on any atom is 0.472 e. The molecule has 2 aliphatic carbocycles. The van der Waals surface area contributed by atoms with E-state index in [0.29, 0.717) is 12.8 Å². The summed E-state index contributed by atoms with van der Waals surface area (Å²) in [5.41, 5.74) is 0. The summed E-state index contributed by atoms with van der Waals surface area (Å²) in [5, 5.41) is 151. The quantitative estimate of drug-likeness (QED) is 0.0277. The zero-order valence-corrected chi connectivity index (χ0v) is 55.6. The fourth-order valence-electron chi connectivity index (χ4n) is 12.0. The lowest BCUT2D eigenvalue weighted by atomic mass is 9.84. The van der Waals surface area contributed by atoms with Crippen molar-refractivity contribution >= 4 is 21.6 Å². The van der Waals surface area contributed by atoms with Crippen molar-refractivity contribution in [1.29, 1.82) is 0 Å². The van der Waals surface area contributed by atoms with Crippen molar-refractivity contribution in [3.05, 3.63) is 0 Å². The van der Waals surface area contributed by atoms with Gasteiger partial charge in [0, 0.05) is 0 Å². The lowest BCUT2D eigenvalue weighted by Crippen LogP contribution is -2.67. The molecule has 3 rings (SSSR count). The zero-order chi connectivity index (χ0) is 66.7. The van der Waals surface area contributed by atoms with Gasteiger partial charge in [0.1, 0.15) is 104 Å². The van der Waals surface area contributed by atoms with Crippen LogP contribution >= 0.6 is 15.6 Å². The Balaban J connectivity index is 1.58. The molecule has 3 aliphatic rings. The summed E-state index contributed by atoms with van der Waals surface area (Å²) in [5.74, 6) is -0.874. The number of carbonyl (C=O) groups is 1. The van der Waals surface area contributed by atoms with Gasteiger partial charge in [-0.3, -0.25) is 22.9 Å². The second-order valence-corrected chi connectivity index (χ2v) is 28.5. The van der Waals surface area contributed by atoms with Gasteiger partial charge in [-0.05, 0) is 12.8 Å². The van der Waals surface area contributed by atoms with Crippen LogP contribution in [0.4, 0.5) is 0 Å². The van der Waals surface area contributed by atoms with Gasteiger partial charge < -0.3 is 96.1 Å². The van der Waals surface area contributed by atoms with Gasteiger partial charge >= 0.3 is 15.6 Å². The smallest absolute Gasteiger partial charge is 0.391 e. The summed E-state index contributed by atoms with van der Waals surface area (Å²) >= 11 is 0. The average Bonchev–Trinajstić information content (AvgIpc) is 1.14. The summed E-state index contributed by atoms with van der Waals surface area (Å²) in [6, 6.07) is -1.42. The van der Waals surface area contributed by atoms with Crippen LogP contribution in [0.2, 0.25) is 0 Å². The fraction of sp³-hybridized carbons (Fsp3) is 0.984. The molecule has 1 amide bonds. The van der Waals surface area contributed by atoms with Crippen LogP contribution < -0.4 is 5.32 Å². The van der Waals surface area contributed by atoms with Crippen molar-refractivity contribution in [3.8, 4) is 0 Å². The van der Waals surface area contributed by atoms with Crippen LogP contribution in [0.5, 0.6) is 0 Å². The largest absolute Gasteiger partial charge is 0.472 e. The number of hydrogen-bond acceptors (Lipinski definition) is 23. The van der Waals surface area contributed by atoms with Gasteiger partial charge in [0.25, 0.3) is 0 Å². The molecule has 1 aliphatic heterocycles. The summed E-state index contributed by atoms with van der Waals surface area (Å²) < 4.78 is 57.9. The molecule has 534 valence electrons. The number of nitrogens with one attached hydrogen (secondary N) is 1. The molecule has 26 nitrogen and oxygen atoms in total. The first-order chi connectivity index (χ1) is 42.9. The van der Waals surface area contributed by atoms with Gasteiger partial charge in [-0.1, -0.05) is 239 Å². The van der Waals surface area contributed by atoms with Gasteiger partial charge in [0.05, 0.1) is 25.4 Å². The highest BCUT2D eigenvalue weighted by Crippen LogP contribution is 2.49. The highest BCUT2D eigenvalue weighted by Gasteiger charge is 2.56. The molecule has 1 saturated heterocycles. The topological polar surface area (TPSA) is 442 Å². The molecule has 90 heavy (non-hydrogen) atoms. The second kappa shape index (κ2) is 46.3. The molecule has 0 aromatic heterocycles. The van der Waals surface area contributed by atoms with Gasteiger partial charge in [0.2, 0.25) is 5.91 Å². The summed E-state index contributed by atoms with van der Waals surface area (Å²) in [6.45, 7) is 2.28. The minimum atomic E-state index is -5.59. The van der Waals surface area contributed by atoms with E-state index in [4.69, 9.17) is 27.6 Å². The van der Waals surface area contributed by atoms with Crippen molar-refractivity contribution in [2.24, 2.45) is 0 Å². The number of phosphoric ester groups is 2. The van der Waals surface area contributed by atoms with Crippen LogP contribution in [-0.4, -0.2) is 223 Å². The Bertz CT molecular complexity index is 1920. The minimum Gasteiger partial charge on any atom is -0.391 e. The number of rotatable bonds is 52. The molecule has 0 aromatic carbocycles. The number of unbranched alkanes of at least 4 members (excludes halogenated alkanes) is 33. The third-order valence-corrected chi connectivity index (χ3v) is 19.9. The lowest BCUT2D eigenvalue weighted by Gasteiger charge is -2.47. The first kappa shape index (κ1) is 83.3. The SMILES string of the molecule is CCCCCCCCCCCCCCCCCCCCCCC(O)C(=O)N[C@@H](COP(=O)(O)O[C@@H]1[C@H](O)[C@H](O)[C@@H](O)[C@H](O)[C@H]1OC1O[C@H](COP(=O)(O)OC2[C@H](O)[C@H](O)C(O)[C@H](O)[C@H]2O)[C@@H](O)[C@H](O)[C@@H]1O)[C@H](O)CCCCCCCCCCCCCCCCC. The highest BCUT2D eigenvalue weighted by molar-refractivity contribution is 7.47. The monoisotopic (exact) mass is 1340 g/mol. The maximum absolute atomic E-state index is 13.8. The lowest BCUT2D eigenvalue weighted by molar-refractivity contribution is -0.337. The van der Waals surface area contributed by atoms with Crippen LogP contribution in [0.1, 0.15) is 251 Å². The Kier molecular flexibility index (Phi) is 42.8. The van der Waals surface area contributed by atoms with Crippen LogP contribution in [0.25, 0.3) is 0 Å². The molecule has 0 aromatic rings. The standard InChI is InChI=1S/C62H121NO25P2/c1-3-5-7-9-11-13-15-17-19-20-21-22-23-25-27-29-31-33-35-37-39-44(65)61(78)63-42(43(64)38-36-34-32-30-28-26-24-18-16-14-12-10-8-6-4-2)40-83-89(79,80)88-60-56(76)52(72)51(71)55(75)59(60)86-62-57(77)47(67)46(66)45(85-62)41-84-90(81,82)87-58-53(73)49(69)48(68)50(70)54(58)74/h42-60,62,64-77H,3-41H2,1-2H3,(H,63,78)(H,79,80)(H,81,82)/t42-,43+,44?,45+,46+,47-,48?,49-,50+,51+,52+,53+,54+,55-,56+,57-,58?,59+,60+,62?/m0/s1. The van der Waals surface area contributed by atoms with Gasteiger partial charge in [-0.25, -0.2) is 9.13 Å². The molecular formula is C62H121NO25P2. The number of amides is 1. The van der Waals surface area contributed by atoms with Crippen molar-refractivity contribution in [2.75, 3.05) is 13.2 Å². The molecule has 28 heteroatoms. The molecule has 6 unspecified atom stereocenters. The molecule has 22 atom stereocenters. The van der Waals surface area contributed by atoms with Gasteiger partial charge in [0.15, 0.2) is 6.29 Å². The fourth-order valence-corrected chi connectivity index (χ4v) is 13.9. The summed E-state index contributed by atoms with van der Waals surface area (Å²) in [4.78, 5) is 35.1. The van der Waals surface area contributed by atoms with Gasteiger partial charge in [-0.15, -0.1) is 0 Å². The predicted molar refractivity (Wildman–Crippen MR) is 333 cm³/mol. The van der Waals surface area contributed by atoms with E-state index in [-0.39, 0.29) is 12.8 Å². The number of phosphoric acid groups is 2. The van der Waals surface area contributed by atoms with Crippen LogP contribution in [0.3, 0.4) is 0 Å². The number of aliphatic hydroxyl groups excluding tert-OH is 14.